The normalized spacial score (nSPS) is 17.8. The molecule has 1 heterocycles. The van der Waals surface area contributed by atoms with Crippen LogP contribution in [0.5, 0.6) is 0 Å². The van der Waals surface area contributed by atoms with E-state index in [2.05, 4.69) is 26.9 Å². The van der Waals surface area contributed by atoms with Crippen LogP contribution in [0.1, 0.15) is 12.8 Å². The molecule has 1 aliphatic heterocycles. The summed E-state index contributed by atoms with van der Waals surface area (Å²) >= 11 is 9.47. The number of aliphatic hydroxyl groups excluding tert-OH is 1. The lowest BCUT2D eigenvalue weighted by atomic mass is 9.97. The van der Waals surface area contributed by atoms with Gasteiger partial charge in [0, 0.05) is 29.9 Å². The van der Waals surface area contributed by atoms with Gasteiger partial charge in [0.1, 0.15) is 0 Å². The summed E-state index contributed by atoms with van der Waals surface area (Å²) in [5.74, 6) is 0.474. The van der Waals surface area contributed by atoms with Crippen LogP contribution in [0.4, 0.5) is 5.69 Å². The van der Waals surface area contributed by atoms with Gasteiger partial charge in [-0.3, -0.25) is 0 Å². The predicted octanol–water partition coefficient (Wildman–Crippen LogP) is 3.31. The van der Waals surface area contributed by atoms with Crippen LogP contribution in [0.3, 0.4) is 0 Å². The van der Waals surface area contributed by atoms with Crippen molar-refractivity contribution < 1.29 is 5.11 Å². The van der Waals surface area contributed by atoms with Crippen LogP contribution in [-0.4, -0.2) is 24.8 Å². The molecule has 0 aromatic heterocycles. The Labute approximate surface area is 109 Å². The fourth-order valence-electron chi connectivity index (χ4n) is 2.06. The molecule has 0 aliphatic carbocycles. The summed E-state index contributed by atoms with van der Waals surface area (Å²) in [5, 5.41) is 9.83. The molecular weight excluding hydrogens is 289 g/mol. The number of anilines is 1. The molecule has 1 aromatic carbocycles. The Morgan fingerprint density at radius 3 is 2.62 bits per heavy atom. The number of nitrogens with zero attached hydrogens (tertiary/aromatic N) is 1. The van der Waals surface area contributed by atoms with E-state index in [1.807, 2.05) is 12.1 Å². The van der Waals surface area contributed by atoms with E-state index in [-0.39, 0.29) is 0 Å². The average molecular weight is 305 g/mol. The molecule has 2 rings (SSSR count). The van der Waals surface area contributed by atoms with E-state index in [4.69, 9.17) is 16.7 Å². The van der Waals surface area contributed by atoms with Crippen LogP contribution in [0.25, 0.3) is 0 Å². The Morgan fingerprint density at radius 1 is 1.38 bits per heavy atom. The van der Waals surface area contributed by atoms with E-state index in [1.54, 1.807) is 0 Å². The van der Waals surface area contributed by atoms with Gasteiger partial charge in [0.2, 0.25) is 0 Å². The second-order valence-electron chi connectivity index (χ2n) is 4.21. The first-order valence-electron chi connectivity index (χ1n) is 5.51. The van der Waals surface area contributed by atoms with Crippen LogP contribution in [0.2, 0.25) is 5.02 Å². The van der Waals surface area contributed by atoms with Crippen molar-refractivity contribution in [1.82, 2.24) is 0 Å². The lowest BCUT2D eigenvalue weighted by Crippen LogP contribution is -2.34. The molecule has 0 atom stereocenters. The highest BCUT2D eigenvalue weighted by molar-refractivity contribution is 9.10. The second-order valence-corrected chi connectivity index (χ2v) is 5.47. The summed E-state index contributed by atoms with van der Waals surface area (Å²) < 4.78 is 0.933. The van der Waals surface area contributed by atoms with Crippen LogP contribution in [0, 0.1) is 5.92 Å². The third kappa shape index (κ3) is 2.70. The van der Waals surface area contributed by atoms with Gasteiger partial charge in [0.15, 0.2) is 0 Å². The molecule has 0 saturated carbocycles. The number of hydrogen-bond donors (Lipinski definition) is 1. The maximum atomic E-state index is 9.08. The molecule has 0 spiro atoms. The second kappa shape index (κ2) is 5.39. The molecule has 1 aliphatic rings. The average Bonchev–Trinajstić information content (AvgIpc) is 2.33. The molecule has 2 nitrogen and oxygen atoms in total. The van der Waals surface area contributed by atoms with Gasteiger partial charge < -0.3 is 10.0 Å². The van der Waals surface area contributed by atoms with E-state index in [0.717, 1.165) is 35.4 Å². The Morgan fingerprint density at radius 2 is 2.06 bits per heavy atom. The topological polar surface area (TPSA) is 23.5 Å². The minimum atomic E-state index is 0.314. The lowest BCUT2D eigenvalue weighted by molar-refractivity contribution is 0.203. The Hall–Kier alpha value is -0.250. The summed E-state index contributed by atoms with van der Waals surface area (Å²) in [4.78, 5) is 2.32. The fraction of sp³-hybridized carbons (Fsp3) is 0.500. The van der Waals surface area contributed by atoms with Crippen LogP contribution >= 0.6 is 27.5 Å². The van der Waals surface area contributed by atoms with Crippen LogP contribution < -0.4 is 4.90 Å². The first kappa shape index (κ1) is 12.2. The molecule has 1 N–H and O–H groups in total. The minimum Gasteiger partial charge on any atom is -0.396 e. The summed E-state index contributed by atoms with van der Waals surface area (Å²) in [6, 6.07) is 6.05. The highest BCUT2D eigenvalue weighted by Crippen LogP contribution is 2.29. The van der Waals surface area contributed by atoms with Gasteiger partial charge in [0.25, 0.3) is 0 Å². The van der Waals surface area contributed by atoms with E-state index in [9.17, 15) is 0 Å². The van der Waals surface area contributed by atoms with E-state index < -0.39 is 0 Å². The number of aliphatic hydroxyl groups is 1. The molecular formula is C12H15BrClNO. The molecule has 88 valence electrons. The Balaban J connectivity index is 2.05. The lowest BCUT2D eigenvalue weighted by Gasteiger charge is -2.33. The molecule has 1 fully saturated rings. The van der Waals surface area contributed by atoms with E-state index in [1.165, 1.54) is 5.69 Å². The summed E-state index contributed by atoms with van der Waals surface area (Å²) in [6.45, 7) is 2.32. The fourth-order valence-corrected chi connectivity index (χ4v) is 2.48. The molecule has 1 aromatic rings. The molecule has 0 bridgehead atoms. The quantitative estimate of drug-likeness (QED) is 0.906. The summed E-state index contributed by atoms with van der Waals surface area (Å²) in [7, 11) is 0. The number of hydrogen-bond acceptors (Lipinski definition) is 2. The van der Waals surface area contributed by atoms with Crippen molar-refractivity contribution in [3.8, 4) is 0 Å². The predicted molar refractivity (Wildman–Crippen MR) is 71.2 cm³/mol. The Kier molecular flexibility index (Phi) is 4.11. The van der Waals surface area contributed by atoms with Gasteiger partial charge in [-0.05, 0) is 52.9 Å². The van der Waals surface area contributed by atoms with Crippen molar-refractivity contribution in [3.05, 3.63) is 27.7 Å². The number of rotatable bonds is 2. The van der Waals surface area contributed by atoms with Crippen molar-refractivity contribution in [2.45, 2.75) is 12.8 Å². The van der Waals surface area contributed by atoms with E-state index in [0.29, 0.717) is 12.5 Å². The third-order valence-corrected chi connectivity index (χ3v) is 4.37. The van der Waals surface area contributed by atoms with Crippen molar-refractivity contribution in [3.63, 3.8) is 0 Å². The largest absolute Gasteiger partial charge is 0.396 e. The first-order valence-corrected chi connectivity index (χ1v) is 6.68. The SMILES string of the molecule is OCC1CCN(c2ccc(Br)c(Cl)c2)CC1. The zero-order valence-electron chi connectivity index (χ0n) is 9.00. The highest BCUT2D eigenvalue weighted by Gasteiger charge is 2.18. The maximum Gasteiger partial charge on any atom is 0.0568 e. The standard InChI is InChI=1S/C12H15BrClNO/c13-11-2-1-10(7-12(11)14)15-5-3-9(8-16)4-6-15/h1-2,7,9,16H,3-6,8H2. The van der Waals surface area contributed by atoms with Crippen molar-refractivity contribution in [2.75, 3.05) is 24.6 Å². The smallest absolute Gasteiger partial charge is 0.0568 e. The maximum absolute atomic E-state index is 9.08. The van der Waals surface area contributed by atoms with Crippen LogP contribution in [-0.2, 0) is 0 Å². The van der Waals surface area contributed by atoms with Gasteiger partial charge in [-0.2, -0.15) is 0 Å². The molecule has 1 saturated heterocycles. The Bertz CT molecular complexity index is 364. The summed E-state index contributed by atoms with van der Waals surface area (Å²) in [5.41, 5.74) is 1.17. The first-order chi connectivity index (χ1) is 7.70. The molecule has 0 amide bonds. The third-order valence-electron chi connectivity index (χ3n) is 3.14. The highest BCUT2D eigenvalue weighted by atomic mass is 79.9. The number of benzene rings is 1. The molecule has 16 heavy (non-hydrogen) atoms. The number of piperidine rings is 1. The van der Waals surface area contributed by atoms with Gasteiger partial charge in [-0.1, -0.05) is 11.6 Å². The monoisotopic (exact) mass is 303 g/mol. The summed E-state index contributed by atoms with van der Waals surface area (Å²) in [6.07, 6.45) is 2.12. The molecule has 4 heteroatoms. The zero-order valence-corrected chi connectivity index (χ0v) is 11.3. The molecule has 0 unspecified atom stereocenters. The van der Waals surface area contributed by atoms with Gasteiger partial charge in [-0.25, -0.2) is 0 Å². The van der Waals surface area contributed by atoms with Crippen molar-refractivity contribution in [2.24, 2.45) is 5.92 Å². The van der Waals surface area contributed by atoms with E-state index >= 15 is 0 Å². The van der Waals surface area contributed by atoms with Gasteiger partial charge in [-0.15, -0.1) is 0 Å². The number of halogens is 2. The molecule has 0 radical (unpaired) electrons. The zero-order chi connectivity index (χ0) is 11.5. The van der Waals surface area contributed by atoms with Crippen molar-refractivity contribution >= 4 is 33.2 Å². The van der Waals surface area contributed by atoms with Crippen LogP contribution in [0.15, 0.2) is 22.7 Å². The van der Waals surface area contributed by atoms with Gasteiger partial charge in [0.05, 0.1) is 5.02 Å². The van der Waals surface area contributed by atoms with Crippen molar-refractivity contribution in [1.29, 1.82) is 0 Å². The minimum absolute atomic E-state index is 0.314. The van der Waals surface area contributed by atoms with Gasteiger partial charge >= 0.3 is 0 Å².